The minimum atomic E-state index is -0.220. The minimum Gasteiger partial charge on any atom is -0.339 e. The van der Waals surface area contributed by atoms with Gasteiger partial charge in [-0.3, -0.25) is 0 Å². The quantitative estimate of drug-likeness (QED) is 0.921. The summed E-state index contributed by atoms with van der Waals surface area (Å²) in [5.74, 6) is 1.27. The van der Waals surface area contributed by atoms with Gasteiger partial charge in [0, 0.05) is 12.1 Å². The minimum absolute atomic E-state index is 0. The Hall–Kier alpha value is -1.46. The molecular weight excluding hydrogens is 269 g/mol. The summed E-state index contributed by atoms with van der Waals surface area (Å²) in [6, 6.07) is 4.83. The van der Waals surface area contributed by atoms with Gasteiger partial charge in [-0.05, 0) is 43.7 Å². The lowest BCUT2D eigenvalue weighted by atomic mass is 10.1. The van der Waals surface area contributed by atoms with Crippen molar-refractivity contribution in [3.05, 3.63) is 35.5 Å². The zero-order valence-electron chi connectivity index (χ0n) is 10.5. The van der Waals surface area contributed by atoms with E-state index in [-0.39, 0.29) is 18.2 Å². The second-order valence-electron chi connectivity index (χ2n) is 4.61. The number of rotatable bonds is 2. The molecule has 0 spiro atoms. The van der Waals surface area contributed by atoms with Crippen molar-refractivity contribution in [2.24, 2.45) is 0 Å². The molecule has 0 radical (unpaired) electrons. The van der Waals surface area contributed by atoms with Gasteiger partial charge in [0.25, 0.3) is 0 Å². The Morgan fingerprint density at radius 3 is 2.95 bits per heavy atom. The fraction of sp³-hybridized carbons (Fsp3) is 0.385. The van der Waals surface area contributed by atoms with E-state index in [1.165, 1.54) is 6.07 Å². The molecule has 0 aliphatic carbocycles. The first-order valence-corrected chi connectivity index (χ1v) is 6.05. The van der Waals surface area contributed by atoms with E-state index >= 15 is 0 Å². The third-order valence-electron chi connectivity index (χ3n) is 3.27. The molecule has 1 atom stereocenters. The summed E-state index contributed by atoms with van der Waals surface area (Å²) >= 11 is 0. The van der Waals surface area contributed by atoms with Crippen LogP contribution in [-0.4, -0.2) is 23.2 Å². The molecule has 102 valence electrons. The lowest BCUT2D eigenvalue weighted by molar-refractivity contribution is 0.359. The molecule has 1 aromatic heterocycles. The number of nitrogens with zero attached hydrogens (tertiary/aromatic N) is 2. The summed E-state index contributed by atoms with van der Waals surface area (Å²) in [6.45, 7) is 3.59. The topological polar surface area (TPSA) is 51.0 Å². The van der Waals surface area contributed by atoms with Crippen molar-refractivity contribution in [2.75, 3.05) is 13.1 Å². The summed E-state index contributed by atoms with van der Waals surface area (Å²) < 4.78 is 18.5. The molecule has 0 unspecified atom stereocenters. The number of hydrogen-bond acceptors (Lipinski definition) is 4. The number of aryl methyl sites for hydroxylation is 1. The molecule has 1 saturated heterocycles. The number of aromatic nitrogens is 2. The van der Waals surface area contributed by atoms with Crippen molar-refractivity contribution in [3.8, 4) is 11.4 Å². The van der Waals surface area contributed by atoms with Gasteiger partial charge in [-0.15, -0.1) is 12.4 Å². The van der Waals surface area contributed by atoms with Crippen LogP contribution in [0.3, 0.4) is 0 Å². The van der Waals surface area contributed by atoms with Crippen LogP contribution >= 0.6 is 12.4 Å². The molecule has 6 heteroatoms. The third-order valence-corrected chi connectivity index (χ3v) is 3.27. The molecule has 1 aliphatic heterocycles. The van der Waals surface area contributed by atoms with E-state index in [4.69, 9.17) is 4.52 Å². The van der Waals surface area contributed by atoms with Crippen molar-refractivity contribution < 1.29 is 8.91 Å². The second-order valence-corrected chi connectivity index (χ2v) is 4.61. The van der Waals surface area contributed by atoms with Crippen LogP contribution in [0.15, 0.2) is 22.7 Å². The highest BCUT2D eigenvalue weighted by Gasteiger charge is 2.23. The average molecular weight is 284 g/mol. The fourth-order valence-corrected chi connectivity index (χ4v) is 2.17. The van der Waals surface area contributed by atoms with Gasteiger partial charge in [0.15, 0.2) is 0 Å². The molecular formula is C13H15ClFN3O. The normalized spacial score (nSPS) is 18.3. The van der Waals surface area contributed by atoms with Crippen molar-refractivity contribution in [3.63, 3.8) is 0 Å². The maximum Gasteiger partial charge on any atom is 0.231 e. The Bertz CT molecular complexity index is 567. The SMILES string of the molecule is Cc1cc(-c2noc([C@H]3CCNC3)n2)ccc1F.Cl. The highest BCUT2D eigenvalue weighted by molar-refractivity contribution is 5.85. The summed E-state index contributed by atoms with van der Waals surface area (Å²) in [7, 11) is 0. The van der Waals surface area contributed by atoms with Crippen LogP contribution in [0.5, 0.6) is 0 Å². The van der Waals surface area contributed by atoms with Crippen LogP contribution in [0.2, 0.25) is 0 Å². The van der Waals surface area contributed by atoms with Crippen LogP contribution < -0.4 is 5.32 Å². The molecule has 19 heavy (non-hydrogen) atoms. The molecule has 1 aliphatic rings. The standard InChI is InChI=1S/C13H14FN3O.ClH/c1-8-6-9(2-3-11(8)14)12-16-13(18-17-12)10-4-5-15-7-10;/h2-3,6,10,15H,4-5,7H2,1H3;1H/t10-;/m0./s1. The van der Waals surface area contributed by atoms with Gasteiger partial charge < -0.3 is 9.84 Å². The Morgan fingerprint density at radius 2 is 2.26 bits per heavy atom. The van der Waals surface area contributed by atoms with Crippen LogP contribution in [0.1, 0.15) is 23.8 Å². The molecule has 2 heterocycles. The van der Waals surface area contributed by atoms with Crippen LogP contribution in [0.25, 0.3) is 11.4 Å². The molecule has 1 fully saturated rings. The molecule has 3 rings (SSSR count). The molecule has 2 aromatic rings. The largest absolute Gasteiger partial charge is 0.339 e. The van der Waals surface area contributed by atoms with Gasteiger partial charge in [0.05, 0.1) is 5.92 Å². The summed E-state index contributed by atoms with van der Waals surface area (Å²) in [4.78, 5) is 4.39. The van der Waals surface area contributed by atoms with E-state index in [0.29, 0.717) is 23.2 Å². The number of nitrogens with one attached hydrogen (secondary N) is 1. The monoisotopic (exact) mass is 283 g/mol. The fourth-order valence-electron chi connectivity index (χ4n) is 2.17. The van der Waals surface area contributed by atoms with Gasteiger partial charge in [0.2, 0.25) is 11.7 Å². The molecule has 0 amide bonds. The number of halogens is 2. The third kappa shape index (κ3) is 2.77. The zero-order chi connectivity index (χ0) is 12.5. The van der Waals surface area contributed by atoms with Gasteiger partial charge in [-0.1, -0.05) is 5.16 Å². The predicted molar refractivity (Wildman–Crippen MR) is 71.9 cm³/mol. The average Bonchev–Trinajstić information content (AvgIpc) is 3.01. The van der Waals surface area contributed by atoms with Crippen molar-refractivity contribution in [1.82, 2.24) is 15.5 Å². The van der Waals surface area contributed by atoms with Gasteiger partial charge in [0.1, 0.15) is 5.82 Å². The summed E-state index contributed by atoms with van der Waals surface area (Å²) in [5, 5.41) is 7.22. The predicted octanol–water partition coefficient (Wildman–Crippen LogP) is 2.68. The molecule has 0 saturated carbocycles. The van der Waals surface area contributed by atoms with Gasteiger partial charge in [-0.25, -0.2) is 4.39 Å². The van der Waals surface area contributed by atoms with E-state index in [0.717, 1.165) is 25.1 Å². The van der Waals surface area contributed by atoms with E-state index in [2.05, 4.69) is 15.5 Å². The highest BCUT2D eigenvalue weighted by Crippen LogP contribution is 2.24. The van der Waals surface area contributed by atoms with E-state index < -0.39 is 0 Å². The van der Waals surface area contributed by atoms with E-state index in [1.54, 1.807) is 19.1 Å². The zero-order valence-corrected chi connectivity index (χ0v) is 11.3. The maximum atomic E-state index is 13.2. The van der Waals surface area contributed by atoms with Crippen molar-refractivity contribution in [2.45, 2.75) is 19.3 Å². The first-order chi connectivity index (χ1) is 8.74. The van der Waals surface area contributed by atoms with E-state index in [1.807, 2.05) is 0 Å². The lowest BCUT2D eigenvalue weighted by Crippen LogP contribution is -2.08. The first-order valence-electron chi connectivity index (χ1n) is 6.05. The van der Waals surface area contributed by atoms with Gasteiger partial charge >= 0.3 is 0 Å². The van der Waals surface area contributed by atoms with Crippen molar-refractivity contribution >= 4 is 12.4 Å². The lowest BCUT2D eigenvalue weighted by Gasteiger charge is -1.99. The molecule has 4 nitrogen and oxygen atoms in total. The molecule has 1 aromatic carbocycles. The Labute approximate surface area is 116 Å². The van der Waals surface area contributed by atoms with Crippen LogP contribution in [-0.2, 0) is 0 Å². The Kier molecular flexibility index (Phi) is 4.17. The Balaban J connectivity index is 0.00000133. The Morgan fingerprint density at radius 1 is 1.42 bits per heavy atom. The van der Waals surface area contributed by atoms with Crippen LogP contribution in [0, 0.1) is 12.7 Å². The first kappa shape index (κ1) is 14.0. The van der Waals surface area contributed by atoms with Crippen molar-refractivity contribution in [1.29, 1.82) is 0 Å². The molecule has 0 bridgehead atoms. The smallest absolute Gasteiger partial charge is 0.231 e. The van der Waals surface area contributed by atoms with Crippen LogP contribution in [0.4, 0.5) is 4.39 Å². The second kappa shape index (κ2) is 5.67. The molecule has 1 N–H and O–H groups in total. The summed E-state index contributed by atoms with van der Waals surface area (Å²) in [6.07, 6.45) is 1.02. The van der Waals surface area contributed by atoms with E-state index in [9.17, 15) is 4.39 Å². The maximum absolute atomic E-state index is 13.2. The number of hydrogen-bond donors (Lipinski definition) is 1. The number of benzene rings is 1. The summed E-state index contributed by atoms with van der Waals surface area (Å²) in [5.41, 5.74) is 1.37. The highest BCUT2D eigenvalue weighted by atomic mass is 35.5. The van der Waals surface area contributed by atoms with Gasteiger partial charge in [-0.2, -0.15) is 4.98 Å².